The van der Waals surface area contributed by atoms with Crippen molar-refractivity contribution in [2.45, 2.75) is 32.3 Å². The third-order valence-electron chi connectivity index (χ3n) is 5.38. The van der Waals surface area contributed by atoms with Gasteiger partial charge in [-0.1, -0.05) is 29.8 Å². The van der Waals surface area contributed by atoms with Gasteiger partial charge in [0.1, 0.15) is 24.9 Å². The van der Waals surface area contributed by atoms with E-state index in [0.717, 1.165) is 31.0 Å². The van der Waals surface area contributed by atoms with Gasteiger partial charge in [0.05, 0.1) is 19.3 Å². The normalized spacial score (nSPS) is 10.5. The summed E-state index contributed by atoms with van der Waals surface area (Å²) < 4.78 is 17.0. The fraction of sp³-hybridized carbons (Fsp3) is 0.250. The number of unbranched alkanes of at least 4 members (excludes halogenated alkanes) is 2. The first-order valence-electron chi connectivity index (χ1n) is 11.3. The largest absolute Gasteiger partial charge is 0.496 e. The van der Waals surface area contributed by atoms with Crippen LogP contribution in [0.5, 0.6) is 17.2 Å². The highest BCUT2D eigenvalue weighted by atomic mass is 35.5. The molecule has 7 heteroatoms. The second-order valence-corrected chi connectivity index (χ2v) is 8.34. The number of halogens is 1. The molecular formula is C28H27ClO6. The van der Waals surface area contributed by atoms with Crippen LogP contribution in [-0.2, 0) is 6.61 Å². The molecule has 0 amide bonds. The van der Waals surface area contributed by atoms with Gasteiger partial charge in [0.15, 0.2) is 17.3 Å². The molecule has 0 atom stereocenters. The van der Waals surface area contributed by atoms with E-state index in [9.17, 15) is 14.4 Å². The van der Waals surface area contributed by atoms with Crippen molar-refractivity contribution in [2.75, 3.05) is 13.7 Å². The monoisotopic (exact) mass is 494 g/mol. The molecule has 0 unspecified atom stereocenters. The molecule has 3 aromatic rings. The number of aldehydes is 2. The van der Waals surface area contributed by atoms with Crippen molar-refractivity contribution in [3.8, 4) is 17.2 Å². The molecule has 35 heavy (non-hydrogen) atoms. The molecule has 0 saturated carbocycles. The first-order valence-corrected chi connectivity index (χ1v) is 11.7. The van der Waals surface area contributed by atoms with Crippen LogP contribution in [0.3, 0.4) is 0 Å². The summed E-state index contributed by atoms with van der Waals surface area (Å²) >= 11 is 5.92. The number of rotatable bonds is 14. The number of benzene rings is 3. The molecule has 6 nitrogen and oxygen atoms in total. The highest BCUT2D eigenvalue weighted by Gasteiger charge is 2.13. The molecule has 0 N–H and O–H groups in total. The fourth-order valence-electron chi connectivity index (χ4n) is 3.46. The van der Waals surface area contributed by atoms with Crippen molar-refractivity contribution in [2.24, 2.45) is 0 Å². The smallest absolute Gasteiger partial charge is 0.166 e. The lowest BCUT2D eigenvalue weighted by atomic mass is 10.0. The third-order valence-corrected chi connectivity index (χ3v) is 5.63. The molecule has 0 aromatic heterocycles. The summed E-state index contributed by atoms with van der Waals surface area (Å²) in [5.74, 6) is 1.43. The molecule has 0 fully saturated rings. The minimum absolute atomic E-state index is 0.0254. The zero-order chi connectivity index (χ0) is 25.0. The second kappa shape index (κ2) is 13.3. The number of hydrogen-bond acceptors (Lipinski definition) is 6. The van der Waals surface area contributed by atoms with Gasteiger partial charge in [-0.3, -0.25) is 14.4 Å². The Balaban J connectivity index is 1.47. The summed E-state index contributed by atoms with van der Waals surface area (Å²) in [4.78, 5) is 34.6. The van der Waals surface area contributed by atoms with Gasteiger partial charge in [0, 0.05) is 22.6 Å². The zero-order valence-electron chi connectivity index (χ0n) is 19.5. The second-order valence-electron chi connectivity index (χ2n) is 7.90. The Bertz CT molecular complexity index is 1160. The quantitative estimate of drug-likeness (QED) is 0.147. The summed E-state index contributed by atoms with van der Waals surface area (Å²) in [5, 5.41) is 0.650. The SMILES string of the molecule is COc1cc(C=O)ccc1C(=O)CCCCCOc1ccc(C=O)cc1OCc1ccc(Cl)cc1. The Morgan fingerprint density at radius 1 is 0.800 bits per heavy atom. The number of Topliss-reactive ketones (excluding diaryl/α,β-unsaturated/α-hetero) is 1. The van der Waals surface area contributed by atoms with Crippen molar-refractivity contribution < 1.29 is 28.6 Å². The summed E-state index contributed by atoms with van der Waals surface area (Å²) in [7, 11) is 1.48. The molecule has 0 aliphatic heterocycles. The van der Waals surface area contributed by atoms with Crippen LogP contribution >= 0.6 is 11.6 Å². The maximum absolute atomic E-state index is 12.5. The average Bonchev–Trinajstić information content (AvgIpc) is 2.90. The number of methoxy groups -OCH3 is 1. The molecule has 0 radical (unpaired) electrons. The van der Waals surface area contributed by atoms with Crippen LogP contribution in [-0.4, -0.2) is 32.1 Å². The maximum atomic E-state index is 12.5. The predicted molar refractivity (Wildman–Crippen MR) is 134 cm³/mol. The van der Waals surface area contributed by atoms with E-state index in [1.807, 2.05) is 12.1 Å². The molecule has 0 aliphatic rings. The standard InChI is InChI=1S/C28H27ClO6/c1-33-27-15-21(17-30)8-12-24(27)25(32)5-3-2-4-14-34-26-13-9-22(18-31)16-28(26)35-19-20-6-10-23(29)11-7-20/h6-13,15-18H,2-5,14,19H2,1H3. The molecule has 3 aromatic carbocycles. The first-order chi connectivity index (χ1) is 17.0. The first kappa shape index (κ1) is 26.0. The van der Waals surface area contributed by atoms with Gasteiger partial charge < -0.3 is 14.2 Å². The molecule has 0 aliphatic carbocycles. The van der Waals surface area contributed by atoms with Crippen LogP contribution in [0.1, 0.15) is 62.3 Å². The Morgan fingerprint density at radius 2 is 1.49 bits per heavy atom. The topological polar surface area (TPSA) is 78.9 Å². The van der Waals surface area contributed by atoms with E-state index in [2.05, 4.69) is 0 Å². The highest BCUT2D eigenvalue weighted by molar-refractivity contribution is 6.30. The molecule has 0 heterocycles. The maximum Gasteiger partial charge on any atom is 0.166 e. The number of carbonyl (C=O) groups excluding carboxylic acids is 3. The van der Waals surface area contributed by atoms with Gasteiger partial charge in [0.2, 0.25) is 0 Å². The highest BCUT2D eigenvalue weighted by Crippen LogP contribution is 2.29. The number of hydrogen-bond donors (Lipinski definition) is 0. The van der Waals surface area contributed by atoms with E-state index in [-0.39, 0.29) is 5.78 Å². The Kier molecular flexibility index (Phi) is 9.87. The Morgan fingerprint density at radius 3 is 2.17 bits per heavy atom. The van der Waals surface area contributed by atoms with Gasteiger partial charge >= 0.3 is 0 Å². The van der Waals surface area contributed by atoms with E-state index < -0.39 is 0 Å². The van der Waals surface area contributed by atoms with Crippen LogP contribution in [0.25, 0.3) is 0 Å². The molecule has 182 valence electrons. The van der Waals surface area contributed by atoms with Gasteiger partial charge in [0.25, 0.3) is 0 Å². The molecule has 3 rings (SSSR count). The number of ether oxygens (including phenoxy) is 3. The van der Waals surface area contributed by atoms with E-state index in [4.69, 9.17) is 25.8 Å². The van der Waals surface area contributed by atoms with Crippen molar-refractivity contribution in [3.63, 3.8) is 0 Å². The summed E-state index contributed by atoms with van der Waals surface area (Å²) in [5.41, 5.74) is 2.39. The van der Waals surface area contributed by atoms with Crippen LogP contribution in [0.2, 0.25) is 5.02 Å². The van der Waals surface area contributed by atoms with Crippen LogP contribution < -0.4 is 14.2 Å². The van der Waals surface area contributed by atoms with Crippen molar-refractivity contribution in [1.29, 1.82) is 0 Å². The number of ketones is 1. The van der Waals surface area contributed by atoms with Crippen LogP contribution in [0.15, 0.2) is 60.7 Å². The van der Waals surface area contributed by atoms with Crippen molar-refractivity contribution >= 4 is 30.0 Å². The third kappa shape index (κ3) is 7.69. The van der Waals surface area contributed by atoms with Gasteiger partial charge in [-0.2, -0.15) is 0 Å². The lowest BCUT2D eigenvalue weighted by molar-refractivity contribution is 0.0974. The average molecular weight is 495 g/mol. The summed E-state index contributed by atoms with van der Waals surface area (Å²) in [6, 6.07) is 17.2. The zero-order valence-corrected chi connectivity index (χ0v) is 20.3. The van der Waals surface area contributed by atoms with E-state index in [0.29, 0.717) is 65.0 Å². The van der Waals surface area contributed by atoms with Crippen LogP contribution in [0, 0.1) is 0 Å². The molecule has 0 spiro atoms. The van der Waals surface area contributed by atoms with Crippen molar-refractivity contribution in [3.05, 3.63) is 87.9 Å². The molecular weight excluding hydrogens is 468 g/mol. The van der Waals surface area contributed by atoms with E-state index >= 15 is 0 Å². The number of carbonyl (C=O) groups is 3. The minimum Gasteiger partial charge on any atom is -0.496 e. The van der Waals surface area contributed by atoms with Crippen LogP contribution in [0.4, 0.5) is 0 Å². The summed E-state index contributed by atoms with van der Waals surface area (Å²) in [6.45, 7) is 0.762. The van der Waals surface area contributed by atoms with E-state index in [1.54, 1.807) is 48.5 Å². The van der Waals surface area contributed by atoms with Gasteiger partial charge in [-0.25, -0.2) is 0 Å². The minimum atomic E-state index is -0.0254. The Labute approximate surface area is 209 Å². The lowest BCUT2D eigenvalue weighted by Crippen LogP contribution is -2.04. The van der Waals surface area contributed by atoms with Gasteiger partial charge in [-0.15, -0.1) is 0 Å². The van der Waals surface area contributed by atoms with E-state index in [1.165, 1.54) is 7.11 Å². The summed E-state index contributed by atoms with van der Waals surface area (Å²) in [6.07, 6.45) is 4.11. The lowest BCUT2D eigenvalue weighted by Gasteiger charge is -2.13. The Hall–Kier alpha value is -3.64. The fourth-order valence-corrected chi connectivity index (χ4v) is 3.59. The molecule has 0 bridgehead atoms. The van der Waals surface area contributed by atoms with Crippen molar-refractivity contribution in [1.82, 2.24) is 0 Å². The molecule has 0 saturated heterocycles. The van der Waals surface area contributed by atoms with Gasteiger partial charge in [-0.05, 0) is 67.3 Å². The predicted octanol–water partition coefficient (Wildman–Crippen LogP) is 6.37.